The third-order valence-electron chi connectivity index (χ3n) is 9.27. The molecule has 2 heterocycles. The largest absolute Gasteiger partial charge is 0.448 e. The highest BCUT2D eigenvalue weighted by Crippen LogP contribution is 2.65. The summed E-state index contributed by atoms with van der Waals surface area (Å²) in [6.07, 6.45) is 0.958. The fraction of sp³-hybridized carbons (Fsp3) is 0.690. The van der Waals surface area contributed by atoms with Crippen molar-refractivity contribution >= 4 is 22.8 Å². The van der Waals surface area contributed by atoms with Crippen LogP contribution in [0.5, 0.6) is 0 Å². The molecule has 0 bridgehead atoms. The van der Waals surface area contributed by atoms with Crippen molar-refractivity contribution in [3.8, 4) is 0 Å². The minimum absolute atomic E-state index is 0.00729. The van der Waals surface area contributed by atoms with Crippen LogP contribution in [0.15, 0.2) is 35.9 Å². The summed E-state index contributed by atoms with van der Waals surface area (Å²) in [7, 11) is -4.91. The van der Waals surface area contributed by atoms with Gasteiger partial charge in [0.05, 0.1) is 17.6 Å². The van der Waals surface area contributed by atoms with Crippen LogP contribution in [0.1, 0.15) is 92.6 Å². The topological polar surface area (TPSA) is 54.0 Å². The van der Waals surface area contributed by atoms with Gasteiger partial charge in [0.1, 0.15) is 6.10 Å². The van der Waals surface area contributed by atoms with Crippen molar-refractivity contribution in [3.63, 3.8) is 0 Å². The molecular formula is C29H46O5Si2. The Morgan fingerprint density at radius 3 is 2.06 bits per heavy atom. The molecule has 0 aromatic heterocycles. The molecule has 36 heavy (non-hydrogen) atoms. The fourth-order valence-electron chi connectivity index (χ4n) is 6.45. The van der Waals surface area contributed by atoms with E-state index < -0.39 is 34.2 Å². The molecule has 1 spiro atoms. The first-order valence-corrected chi connectivity index (χ1v) is 18.3. The quantitative estimate of drug-likeness (QED) is 0.294. The fourth-order valence-corrected chi connectivity index (χ4v) is 11.7. The summed E-state index contributed by atoms with van der Waals surface area (Å²) < 4.78 is 28.1. The number of carbonyl (C=O) groups excluding carboxylic acids is 1. The average molecular weight is 531 g/mol. The van der Waals surface area contributed by atoms with Crippen molar-refractivity contribution in [3.05, 3.63) is 47.0 Å². The summed E-state index contributed by atoms with van der Waals surface area (Å²) in [4.78, 5) is 13.0. The van der Waals surface area contributed by atoms with Gasteiger partial charge in [-0.3, -0.25) is 0 Å². The van der Waals surface area contributed by atoms with Crippen molar-refractivity contribution in [2.24, 2.45) is 5.92 Å². The Morgan fingerprint density at radius 1 is 1.03 bits per heavy atom. The van der Waals surface area contributed by atoms with E-state index in [1.54, 1.807) is 6.08 Å². The molecule has 1 aromatic carbocycles. The van der Waals surface area contributed by atoms with Crippen LogP contribution in [0.2, 0.25) is 29.2 Å². The third kappa shape index (κ3) is 3.92. The van der Waals surface area contributed by atoms with Gasteiger partial charge in [0.2, 0.25) is 0 Å². The van der Waals surface area contributed by atoms with E-state index >= 15 is 0 Å². The van der Waals surface area contributed by atoms with Gasteiger partial charge >= 0.3 is 14.5 Å². The lowest BCUT2D eigenvalue weighted by atomic mass is 9.61. The summed E-state index contributed by atoms with van der Waals surface area (Å²) in [5.74, 6) is -0.567. The van der Waals surface area contributed by atoms with Crippen LogP contribution in [0.25, 0.3) is 0 Å². The first kappa shape index (κ1) is 27.8. The Balaban J connectivity index is 2.01. The van der Waals surface area contributed by atoms with Gasteiger partial charge in [-0.25, -0.2) is 4.79 Å². The zero-order valence-corrected chi connectivity index (χ0v) is 26.3. The lowest BCUT2D eigenvalue weighted by Crippen LogP contribution is -2.70. The molecule has 0 amide bonds. The molecule has 4 atom stereocenters. The molecule has 0 saturated carbocycles. The maximum Gasteiger partial charge on any atom is 0.344 e. The minimum atomic E-state index is -2.65. The average Bonchev–Trinajstić information content (AvgIpc) is 3.02. The number of benzene rings is 1. The van der Waals surface area contributed by atoms with Gasteiger partial charge in [-0.05, 0) is 66.7 Å². The van der Waals surface area contributed by atoms with Gasteiger partial charge in [0.15, 0.2) is 13.9 Å². The van der Waals surface area contributed by atoms with E-state index in [4.69, 9.17) is 18.0 Å². The van der Waals surface area contributed by atoms with Gasteiger partial charge in [0.25, 0.3) is 0 Å². The highest BCUT2D eigenvalue weighted by Gasteiger charge is 2.71. The predicted octanol–water partition coefficient (Wildman–Crippen LogP) is 7.75. The lowest BCUT2D eigenvalue weighted by molar-refractivity contribution is -0.222. The highest BCUT2D eigenvalue weighted by atomic mass is 28.4. The molecule has 7 heteroatoms. The lowest BCUT2D eigenvalue weighted by Gasteiger charge is -2.63. The van der Waals surface area contributed by atoms with Crippen molar-refractivity contribution < 1.29 is 22.8 Å². The summed E-state index contributed by atoms with van der Waals surface area (Å²) in [5.41, 5.74) is 2.04. The number of carbonyl (C=O) groups is 1. The molecule has 0 unspecified atom stereocenters. The number of hydrogen-bond acceptors (Lipinski definition) is 5. The Labute approximate surface area is 220 Å². The normalized spacial score (nSPS) is 31.3. The van der Waals surface area contributed by atoms with Crippen LogP contribution in [-0.2, 0) is 22.8 Å². The van der Waals surface area contributed by atoms with Crippen molar-refractivity contribution in [1.82, 2.24) is 0 Å². The zero-order chi connectivity index (χ0) is 27.1. The monoisotopic (exact) mass is 530 g/mol. The van der Waals surface area contributed by atoms with E-state index in [0.717, 1.165) is 16.7 Å². The SMILES string of the molecule is CC1=CC(=O)O[C@]12[C@H](O[Si](C)(C)C(C)(C)C)c1ccccc1[C@@H]1O[Si](C(C)C)(C(C)C)OC(C)(C)[C@H]12. The van der Waals surface area contributed by atoms with Crippen LogP contribution in [-0.4, -0.2) is 34.0 Å². The molecule has 4 rings (SSSR count). The van der Waals surface area contributed by atoms with Crippen LogP contribution < -0.4 is 0 Å². The Morgan fingerprint density at radius 2 is 1.58 bits per heavy atom. The summed E-state index contributed by atoms with van der Waals surface area (Å²) in [5, 5.41) is -0.00729. The molecule has 1 saturated heterocycles. The second kappa shape index (κ2) is 8.63. The molecule has 1 aromatic rings. The third-order valence-corrected chi connectivity index (χ3v) is 18.4. The molecular weight excluding hydrogens is 484 g/mol. The van der Waals surface area contributed by atoms with Gasteiger partial charge in [-0.1, -0.05) is 72.7 Å². The van der Waals surface area contributed by atoms with E-state index in [-0.39, 0.29) is 34.1 Å². The van der Waals surface area contributed by atoms with Gasteiger partial charge in [-0.15, -0.1) is 0 Å². The van der Waals surface area contributed by atoms with Crippen molar-refractivity contribution in [1.29, 1.82) is 0 Å². The van der Waals surface area contributed by atoms with E-state index in [2.05, 4.69) is 99.7 Å². The van der Waals surface area contributed by atoms with Gasteiger partial charge in [0, 0.05) is 6.08 Å². The Bertz CT molecular complexity index is 1060. The number of hydrogen-bond donors (Lipinski definition) is 0. The first-order chi connectivity index (χ1) is 16.4. The first-order valence-electron chi connectivity index (χ1n) is 13.5. The smallest absolute Gasteiger partial charge is 0.344 e. The number of ether oxygens (including phenoxy) is 1. The number of fused-ring (bicyclic) bond motifs is 4. The minimum Gasteiger partial charge on any atom is -0.448 e. The van der Waals surface area contributed by atoms with E-state index in [1.807, 2.05) is 6.92 Å². The van der Waals surface area contributed by atoms with E-state index in [1.165, 1.54) is 0 Å². The molecule has 0 radical (unpaired) electrons. The zero-order valence-electron chi connectivity index (χ0n) is 24.3. The molecule has 200 valence electrons. The van der Waals surface area contributed by atoms with E-state index in [9.17, 15) is 4.79 Å². The van der Waals surface area contributed by atoms with Crippen LogP contribution in [0.4, 0.5) is 0 Å². The Kier molecular flexibility index (Phi) is 6.66. The second-order valence-electron chi connectivity index (χ2n) is 13.7. The molecule has 1 fully saturated rings. The highest BCUT2D eigenvalue weighted by molar-refractivity contribution is 6.74. The second-order valence-corrected chi connectivity index (χ2v) is 22.6. The van der Waals surface area contributed by atoms with Crippen molar-refractivity contribution in [2.45, 2.75) is 122 Å². The molecule has 2 aliphatic heterocycles. The van der Waals surface area contributed by atoms with Crippen molar-refractivity contribution in [2.75, 3.05) is 0 Å². The summed E-state index contributed by atoms with van der Waals surface area (Å²) in [6.45, 7) is 26.5. The summed E-state index contributed by atoms with van der Waals surface area (Å²) in [6, 6.07) is 8.47. The predicted molar refractivity (Wildman–Crippen MR) is 148 cm³/mol. The molecule has 0 N–H and O–H groups in total. The molecule has 1 aliphatic carbocycles. The van der Waals surface area contributed by atoms with Gasteiger partial charge < -0.3 is 18.0 Å². The van der Waals surface area contributed by atoms with Gasteiger partial charge in [-0.2, -0.15) is 0 Å². The number of esters is 1. The van der Waals surface area contributed by atoms with Crippen LogP contribution >= 0.6 is 0 Å². The van der Waals surface area contributed by atoms with Crippen LogP contribution in [0.3, 0.4) is 0 Å². The molecule has 3 aliphatic rings. The standard InChI is InChI=1S/C29H46O5Si2/c1-18(2)36(19(3)4)32-24-21-15-13-14-16-22(21)26(33-35(11,12)27(6,7)8)29(20(5)17-23(30)31-29)25(24)28(9,10)34-36/h13-19,24-26H,1-12H3/t24-,25-,26+,29+/m0/s1. The number of rotatable bonds is 4. The summed E-state index contributed by atoms with van der Waals surface area (Å²) >= 11 is 0. The van der Waals surface area contributed by atoms with E-state index in [0.29, 0.717) is 0 Å². The Hall–Kier alpha value is -1.26. The maximum absolute atomic E-state index is 13.0. The molecule has 5 nitrogen and oxygen atoms in total. The maximum atomic E-state index is 13.0. The van der Waals surface area contributed by atoms with Crippen LogP contribution in [0, 0.1) is 5.92 Å².